The van der Waals surface area contributed by atoms with Gasteiger partial charge in [0, 0.05) is 82.9 Å². The van der Waals surface area contributed by atoms with Gasteiger partial charge in [-0.3, -0.25) is 14.4 Å². The Morgan fingerprint density at radius 1 is 1.05 bits per heavy atom. The molecule has 0 bridgehead atoms. The lowest BCUT2D eigenvalue weighted by Crippen LogP contribution is -3.13. The number of nitrogens with zero attached hydrogens (tertiary/aromatic N) is 7. The molecule has 0 spiro atoms. The number of anilines is 2. The first-order valence-corrected chi connectivity index (χ1v) is 18.4. The van der Waals surface area contributed by atoms with Crippen molar-refractivity contribution < 1.29 is 37.6 Å². The molecule has 56 heavy (non-hydrogen) atoms. The lowest BCUT2D eigenvalue weighted by Gasteiger charge is -2.40. The topological polar surface area (TPSA) is 195 Å². The minimum absolute atomic E-state index is 0.00604. The number of likely N-dealkylation sites (tertiary alicyclic amines) is 1. The van der Waals surface area contributed by atoms with E-state index >= 15 is 0 Å². The van der Waals surface area contributed by atoms with Gasteiger partial charge in [0.1, 0.15) is 0 Å². The molecule has 0 aliphatic carbocycles. The van der Waals surface area contributed by atoms with Crippen LogP contribution in [0.25, 0.3) is 17.1 Å². The molecule has 15 nitrogen and oxygen atoms in total. The average molecular weight is 801 g/mol. The maximum Gasteiger partial charge on any atom is 0.435 e. The summed E-state index contributed by atoms with van der Waals surface area (Å²) in [6.07, 6.45) is 2.09. The van der Waals surface area contributed by atoms with Crippen LogP contribution in [0.1, 0.15) is 52.9 Å². The van der Waals surface area contributed by atoms with Crippen molar-refractivity contribution in [3.63, 3.8) is 0 Å². The molecular weight excluding hydrogens is 755 g/mol. The Morgan fingerprint density at radius 3 is 2.30 bits per heavy atom. The molecule has 1 aromatic carbocycles. The van der Waals surface area contributed by atoms with E-state index in [2.05, 4.69) is 31.9 Å². The summed E-state index contributed by atoms with van der Waals surface area (Å²) in [4.78, 5) is 49.5. The van der Waals surface area contributed by atoms with Gasteiger partial charge in [0.15, 0.2) is 17.3 Å². The van der Waals surface area contributed by atoms with E-state index in [4.69, 9.17) is 33.0 Å². The van der Waals surface area contributed by atoms with Crippen molar-refractivity contribution in [2.24, 2.45) is 18.7 Å². The SMILES string of the molecule is C=C(C1CC[NH+](CCCN)CC1)N1CCN(C(=O)c2ccc(NC(=O)c3ncc(-c4cn(-c5ccc(N)cn5)nc4C(F)(F)F)n3C)cc2Cl)CC1.CC(=O)O. The van der Waals surface area contributed by atoms with Gasteiger partial charge in [0.25, 0.3) is 17.8 Å². The third kappa shape index (κ3) is 10.0. The van der Waals surface area contributed by atoms with Gasteiger partial charge in [0.2, 0.25) is 0 Å². The molecule has 2 aliphatic heterocycles. The van der Waals surface area contributed by atoms with Crippen LogP contribution in [0.5, 0.6) is 0 Å². The summed E-state index contributed by atoms with van der Waals surface area (Å²) in [5, 5.41) is 14.0. The fourth-order valence-electron chi connectivity index (χ4n) is 6.83. The Hall–Kier alpha value is -5.46. The average Bonchev–Trinajstić information content (AvgIpc) is 3.78. The van der Waals surface area contributed by atoms with Gasteiger partial charge in [-0.05, 0) is 36.9 Å². The van der Waals surface area contributed by atoms with Crippen LogP contribution in [-0.4, -0.2) is 109 Å². The minimum Gasteiger partial charge on any atom is -0.481 e. The molecular formula is C37H46ClF3N11O4+. The number of alkyl halides is 3. The van der Waals surface area contributed by atoms with Gasteiger partial charge in [-0.25, -0.2) is 14.6 Å². The lowest BCUT2D eigenvalue weighted by molar-refractivity contribution is -0.906. The number of pyridine rings is 1. The van der Waals surface area contributed by atoms with Crippen LogP contribution < -0.4 is 21.7 Å². The van der Waals surface area contributed by atoms with Gasteiger partial charge < -0.3 is 41.2 Å². The molecule has 6 rings (SSSR count). The molecule has 5 heterocycles. The van der Waals surface area contributed by atoms with Crippen LogP contribution in [0.3, 0.4) is 0 Å². The number of nitrogen functional groups attached to an aromatic ring is 1. The largest absolute Gasteiger partial charge is 0.481 e. The third-order valence-electron chi connectivity index (χ3n) is 9.78. The summed E-state index contributed by atoms with van der Waals surface area (Å²) in [5.41, 5.74) is 11.9. The van der Waals surface area contributed by atoms with Crippen LogP contribution >= 0.6 is 11.6 Å². The number of imidazole rings is 1. The van der Waals surface area contributed by atoms with Crippen LogP contribution in [0, 0.1) is 5.92 Å². The molecule has 4 aromatic rings. The van der Waals surface area contributed by atoms with Crippen molar-refractivity contribution in [1.29, 1.82) is 0 Å². The van der Waals surface area contributed by atoms with E-state index in [1.54, 1.807) is 21.9 Å². The van der Waals surface area contributed by atoms with Crippen LogP contribution in [0.2, 0.25) is 5.02 Å². The van der Waals surface area contributed by atoms with E-state index in [0.717, 1.165) is 62.7 Å². The zero-order chi connectivity index (χ0) is 40.7. The highest BCUT2D eigenvalue weighted by Gasteiger charge is 2.39. The van der Waals surface area contributed by atoms with Crippen LogP contribution in [0.4, 0.5) is 24.5 Å². The summed E-state index contributed by atoms with van der Waals surface area (Å²) >= 11 is 6.55. The second kappa shape index (κ2) is 18.0. The third-order valence-corrected chi connectivity index (χ3v) is 10.1. The van der Waals surface area contributed by atoms with Crippen LogP contribution in [-0.2, 0) is 18.0 Å². The first-order chi connectivity index (χ1) is 26.6. The normalized spacial score (nSPS) is 17.2. The number of carboxylic acids is 1. The highest BCUT2D eigenvalue weighted by atomic mass is 35.5. The predicted molar refractivity (Wildman–Crippen MR) is 204 cm³/mol. The molecule has 2 saturated heterocycles. The number of carbonyl (C=O) groups excluding carboxylic acids is 2. The van der Waals surface area contributed by atoms with E-state index in [-0.39, 0.29) is 39.5 Å². The number of aromatic nitrogens is 5. The molecule has 2 aliphatic rings. The van der Waals surface area contributed by atoms with Crippen molar-refractivity contribution in [1.82, 2.24) is 34.1 Å². The lowest BCUT2D eigenvalue weighted by atomic mass is 9.92. The van der Waals surface area contributed by atoms with Crippen molar-refractivity contribution in [2.75, 3.05) is 63.4 Å². The van der Waals surface area contributed by atoms with Gasteiger partial charge in [-0.1, -0.05) is 18.2 Å². The predicted octanol–water partition coefficient (Wildman–Crippen LogP) is 3.18. The standard InChI is InChI=1S/C35H41ClF3N11O2.C2H4O2/c1-22(23-8-12-47(13-9-23)11-3-10-40)48-14-16-49(17-15-48)34(52)26-6-5-25(18-28(26)36)44-33(51)32-43-20-29(46(32)2)27-21-50(45-31(27)35(37,38)39)30-7-4-24(41)19-42-30;1-2(3)4/h4-7,18-21,23H,1,3,8-17,40-41H2,2H3,(H,44,51);1H3,(H,3,4)/p+1. The molecule has 0 unspecified atom stereocenters. The van der Waals surface area contributed by atoms with E-state index in [1.807, 2.05) is 0 Å². The number of carboxylic acid groups (broad SMARTS) is 1. The number of hydrogen-bond acceptors (Lipinski definition) is 9. The number of allylic oxidation sites excluding steroid dienone is 1. The molecule has 0 saturated carbocycles. The number of hydrogen-bond donors (Lipinski definition) is 5. The van der Waals surface area contributed by atoms with E-state index in [1.165, 1.54) is 48.4 Å². The summed E-state index contributed by atoms with van der Waals surface area (Å²) in [7, 11) is 1.42. The van der Waals surface area contributed by atoms with E-state index in [0.29, 0.717) is 43.3 Å². The second-order valence-electron chi connectivity index (χ2n) is 13.7. The van der Waals surface area contributed by atoms with Crippen molar-refractivity contribution in [3.05, 3.63) is 83.3 Å². The molecule has 0 atom stereocenters. The summed E-state index contributed by atoms with van der Waals surface area (Å²) in [6, 6.07) is 7.49. The van der Waals surface area contributed by atoms with Gasteiger partial charge in [0.05, 0.1) is 59.6 Å². The number of piperazine rings is 1. The number of quaternary nitrogens is 1. The summed E-state index contributed by atoms with van der Waals surface area (Å²) < 4.78 is 44.4. The number of halogens is 4. The number of rotatable bonds is 10. The fraction of sp³-hybridized carbons (Fsp3) is 0.405. The molecule has 2 amide bonds. The number of nitrogens with one attached hydrogen (secondary N) is 2. The Balaban J connectivity index is 0.00000143. The highest BCUT2D eigenvalue weighted by Crippen LogP contribution is 2.37. The Bertz CT molecular complexity index is 2030. The maximum atomic E-state index is 14.0. The fourth-order valence-corrected chi connectivity index (χ4v) is 7.09. The first-order valence-electron chi connectivity index (χ1n) is 18.0. The van der Waals surface area contributed by atoms with E-state index < -0.39 is 23.7 Å². The number of aliphatic carboxylic acids is 1. The number of nitrogens with two attached hydrogens (primary N) is 2. The Labute approximate surface area is 326 Å². The second-order valence-corrected chi connectivity index (χ2v) is 14.1. The molecule has 3 aromatic heterocycles. The number of piperidine rings is 1. The molecule has 19 heteroatoms. The quantitative estimate of drug-likeness (QED) is 0.159. The van der Waals surface area contributed by atoms with Gasteiger partial charge in [-0.2, -0.15) is 18.3 Å². The zero-order valence-corrected chi connectivity index (χ0v) is 31.9. The molecule has 300 valence electrons. The summed E-state index contributed by atoms with van der Waals surface area (Å²) in [6.45, 7) is 12.0. The number of amides is 2. The van der Waals surface area contributed by atoms with Crippen molar-refractivity contribution >= 4 is 40.8 Å². The minimum atomic E-state index is -4.80. The van der Waals surface area contributed by atoms with Gasteiger partial charge >= 0.3 is 6.18 Å². The number of benzene rings is 1. The molecule has 7 N–H and O–H groups in total. The maximum absolute atomic E-state index is 14.0. The monoisotopic (exact) mass is 800 g/mol. The Morgan fingerprint density at radius 2 is 1.71 bits per heavy atom. The zero-order valence-electron chi connectivity index (χ0n) is 31.2. The number of carbonyl (C=O) groups is 3. The first kappa shape index (κ1) is 41.7. The summed E-state index contributed by atoms with van der Waals surface area (Å²) in [5.74, 6) is -1.32. The molecule has 0 radical (unpaired) electrons. The van der Waals surface area contributed by atoms with Crippen molar-refractivity contribution in [2.45, 2.75) is 32.4 Å². The highest BCUT2D eigenvalue weighted by molar-refractivity contribution is 6.34. The van der Waals surface area contributed by atoms with E-state index in [9.17, 15) is 22.8 Å². The Kier molecular flexibility index (Phi) is 13.4. The van der Waals surface area contributed by atoms with Gasteiger partial charge in [-0.15, -0.1) is 0 Å². The van der Waals surface area contributed by atoms with Crippen molar-refractivity contribution in [3.8, 4) is 17.1 Å². The van der Waals surface area contributed by atoms with Crippen LogP contribution in [0.15, 0.2) is 61.2 Å². The smallest absolute Gasteiger partial charge is 0.435 e. The molecule has 2 fully saturated rings.